The van der Waals surface area contributed by atoms with Crippen molar-refractivity contribution >= 4 is 34.7 Å². The lowest BCUT2D eigenvalue weighted by atomic mass is 10.1. The van der Waals surface area contributed by atoms with Crippen molar-refractivity contribution in [1.82, 2.24) is 4.90 Å². The molecule has 0 aromatic heterocycles. The maximum atomic E-state index is 12.6. The Morgan fingerprint density at radius 2 is 1.96 bits per heavy atom. The summed E-state index contributed by atoms with van der Waals surface area (Å²) in [4.78, 5) is 26.3. The summed E-state index contributed by atoms with van der Waals surface area (Å²) in [6, 6.07) is 10.7. The first-order valence-electron chi connectivity index (χ1n) is 8.32. The van der Waals surface area contributed by atoms with Gasteiger partial charge in [0.25, 0.3) is 11.1 Å². The van der Waals surface area contributed by atoms with E-state index in [1.165, 1.54) is 18.1 Å². The first kappa shape index (κ1) is 18.8. The minimum Gasteiger partial charge on any atom is -0.504 e. The normalized spacial score (nSPS) is 15.5. The molecule has 1 aliphatic rings. The molecule has 0 atom stereocenters. The highest BCUT2D eigenvalue weighted by Crippen LogP contribution is 2.34. The van der Waals surface area contributed by atoms with E-state index >= 15 is 0 Å². The molecule has 0 spiro atoms. The summed E-state index contributed by atoms with van der Waals surface area (Å²) in [6.07, 6.45) is 1.62. The van der Waals surface area contributed by atoms with Crippen molar-refractivity contribution in [3.63, 3.8) is 0 Å². The van der Waals surface area contributed by atoms with Gasteiger partial charge in [0.15, 0.2) is 11.5 Å². The van der Waals surface area contributed by atoms with E-state index in [1.807, 2.05) is 32.0 Å². The number of rotatable bonds is 5. The van der Waals surface area contributed by atoms with Crippen molar-refractivity contribution < 1.29 is 19.4 Å². The van der Waals surface area contributed by atoms with E-state index in [-0.39, 0.29) is 23.6 Å². The van der Waals surface area contributed by atoms with Gasteiger partial charge in [-0.05, 0) is 61.0 Å². The molecule has 0 aliphatic carbocycles. The second kappa shape index (κ2) is 7.75. The smallest absolute Gasteiger partial charge is 0.295 e. The van der Waals surface area contributed by atoms with Crippen LogP contribution in [0.1, 0.15) is 16.7 Å². The van der Waals surface area contributed by atoms with Crippen molar-refractivity contribution in [3.8, 4) is 11.5 Å². The summed E-state index contributed by atoms with van der Waals surface area (Å²) in [7, 11) is 1.45. The van der Waals surface area contributed by atoms with E-state index in [9.17, 15) is 14.7 Å². The van der Waals surface area contributed by atoms with E-state index in [0.29, 0.717) is 16.2 Å². The number of methoxy groups -OCH3 is 1. The molecule has 6 nitrogen and oxygen atoms in total. The number of anilines is 1. The summed E-state index contributed by atoms with van der Waals surface area (Å²) < 4.78 is 5.07. The number of hydrogen-bond acceptors (Lipinski definition) is 6. The molecule has 3 rings (SSSR count). The van der Waals surface area contributed by atoms with Crippen LogP contribution in [-0.2, 0) is 4.79 Å². The van der Waals surface area contributed by atoms with Gasteiger partial charge in [0.1, 0.15) is 0 Å². The van der Waals surface area contributed by atoms with E-state index in [4.69, 9.17) is 4.74 Å². The van der Waals surface area contributed by atoms with Crippen LogP contribution in [0.3, 0.4) is 0 Å². The molecular formula is C20H20N2O4S. The molecule has 27 heavy (non-hydrogen) atoms. The largest absolute Gasteiger partial charge is 0.504 e. The van der Waals surface area contributed by atoms with Crippen molar-refractivity contribution in [3.05, 3.63) is 58.0 Å². The molecular weight excluding hydrogens is 364 g/mol. The number of nitrogens with one attached hydrogen (secondary N) is 1. The number of aromatic hydroxyl groups is 1. The average molecular weight is 384 g/mol. The van der Waals surface area contributed by atoms with Crippen LogP contribution in [0.15, 0.2) is 41.3 Å². The molecule has 2 amide bonds. The number of hydrogen-bond donors (Lipinski definition) is 2. The zero-order valence-corrected chi connectivity index (χ0v) is 16.1. The number of aryl methyl sites for hydroxylation is 2. The molecule has 2 N–H and O–H groups in total. The lowest BCUT2D eigenvalue weighted by Gasteiger charge is -2.16. The Morgan fingerprint density at radius 1 is 1.19 bits per heavy atom. The standard InChI is InChI=1S/C20H20N2O4S/c1-12-4-6-15(13(2)8-12)21-11-22-19(24)18(27-20(22)25)10-14-5-7-16(23)17(9-14)26-3/h4-10,21,23H,11H2,1-3H3. The van der Waals surface area contributed by atoms with Crippen molar-refractivity contribution in [2.75, 3.05) is 19.1 Å². The average Bonchev–Trinajstić information content (AvgIpc) is 2.89. The second-order valence-electron chi connectivity index (χ2n) is 6.19. The highest BCUT2D eigenvalue weighted by Gasteiger charge is 2.34. The van der Waals surface area contributed by atoms with Gasteiger partial charge in [-0.3, -0.25) is 14.5 Å². The highest BCUT2D eigenvalue weighted by molar-refractivity contribution is 8.18. The molecule has 0 unspecified atom stereocenters. The van der Waals surface area contributed by atoms with Crippen LogP contribution >= 0.6 is 11.8 Å². The fourth-order valence-electron chi connectivity index (χ4n) is 2.75. The monoisotopic (exact) mass is 384 g/mol. The van der Waals surface area contributed by atoms with Gasteiger partial charge in [-0.2, -0.15) is 0 Å². The number of carbonyl (C=O) groups is 2. The molecule has 140 valence electrons. The van der Waals surface area contributed by atoms with Gasteiger partial charge in [-0.25, -0.2) is 0 Å². The van der Waals surface area contributed by atoms with Gasteiger partial charge in [-0.1, -0.05) is 23.8 Å². The third-order valence-corrected chi connectivity index (χ3v) is 5.09. The predicted octanol–water partition coefficient (Wildman–Crippen LogP) is 4.12. The fraction of sp³-hybridized carbons (Fsp3) is 0.200. The van der Waals surface area contributed by atoms with Crippen LogP contribution in [-0.4, -0.2) is 34.9 Å². The first-order valence-corrected chi connectivity index (χ1v) is 9.14. The molecule has 2 aromatic rings. The molecule has 0 radical (unpaired) electrons. The number of ether oxygens (including phenoxy) is 1. The Balaban J connectivity index is 1.74. The third kappa shape index (κ3) is 4.09. The Kier molecular flexibility index (Phi) is 5.41. The number of phenolic OH excluding ortho intramolecular Hbond substituents is 1. The number of amides is 2. The van der Waals surface area contributed by atoms with Gasteiger partial charge < -0.3 is 15.2 Å². The Labute approximate surface area is 161 Å². The number of nitrogens with zero attached hydrogens (tertiary/aromatic N) is 1. The molecule has 1 aliphatic heterocycles. The predicted molar refractivity (Wildman–Crippen MR) is 107 cm³/mol. The van der Waals surface area contributed by atoms with E-state index in [0.717, 1.165) is 28.6 Å². The lowest BCUT2D eigenvalue weighted by Crippen LogP contribution is -2.33. The maximum Gasteiger partial charge on any atom is 0.295 e. The van der Waals surface area contributed by atoms with E-state index < -0.39 is 0 Å². The topological polar surface area (TPSA) is 78.9 Å². The number of imide groups is 1. The number of benzene rings is 2. The summed E-state index contributed by atoms with van der Waals surface area (Å²) in [5.74, 6) is -0.0331. The van der Waals surface area contributed by atoms with Crippen LogP contribution in [0.5, 0.6) is 11.5 Å². The number of thioether (sulfide) groups is 1. The fourth-order valence-corrected chi connectivity index (χ4v) is 3.59. The first-order chi connectivity index (χ1) is 12.9. The van der Waals surface area contributed by atoms with Crippen LogP contribution in [0, 0.1) is 13.8 Å². The lowest BCUT2D eigenvalue weighted by molar-refractivity contribution is -0.122. The van der Waals surface area contributed by atoms with Gasteiger partial charge in [0, 0.05) is 5.69 Å². The Morgan fingerprint density at radius 3 is 2.67 bits per heavy atom. The van der Waals surface area contributed by atoms with Gasteiger partial charge in [-0.15, -0.1) is 0 Å². The minimum atomic E-state index is -0.352. The summed E-state index contributed by atoms with van der Waals surface area (Å²) in [5, 5.41) is 12.5. The molecule has 1 fully saturated rings. The maximum absolute atomic E-state index is 12.6. The van der Waals surface area contributed by atoms with Crippen molar-refractivity contribution in [2.45, 2.75) is 13.8 Å². The zero-order chi connectivity index (χ0) is 19.6. The molecule has 7 heteroatoms. The van der Waals surface area contributed by atoms with Gasteiger partial charge in [0.05, 0.1) is 18.7 Å². The summed E-state index contributed by atoms with van der Waals surface area (Å²) in [6.45, 7) is 4.09. The van der Waals surface area contributed by atoms with Crippen LogP contribution in [0.2, 0.25) is 0 Å². The Hall–Kier alpha value is -2.93. The summed E-state index contributed by atoms with van der Waals surface area (Å²) in [5.41, 5.74) is 3.74. The Bertz CT molecular complexity index is 940. The molecule has 0 bridgehead atoms. The van der Waals surface area contributed by atoms with E-state index in [2.05, 4.69) is 5.32 Å². The summed E-state index contributed by atoms with van der Waals surface area (Å²) >= 11 is 0.891. The molecule has 1 heterocycles. The highest BCUT2D eigenvalue weighted by atomic mass is 32.2. The van der Waals surface area contributed by atoms with Crippen LogP contribution < -0.4 is 10.1 Å². The molecule has 0 saturated carbocycles. The molecule has 2 aromatic carbocycles. The van der Waals surface area contributed by atoms with Gasteiger partial charge in [0.2, 0.25) is 0 Å². The van der Waals surface area contributed by atoms with Crippen LogP contribution in [0.25, 0.3) is 6.08 Å². The van der Waals surface area contributed by atoms with Gasteiger partial charge >= 0.3 is 0 Å². The zero-order valence-electron chi connectivity index (χ0n) is 15.3. The quantitative estimate of drug-likeness (QED) is 0.755. The third-order valence-electron chi connectivity index (χ3n) is 4.18. The molecule has 1 saturated heterocycles. The number of phenols is 1. The minimum absolute atomic E-state index is 0.0143. The number of carbonyl (C=O) groups excluding carboxylic acids is 2. The second-order valence-corrected chi connectivity index (χ2v) is 7.19. The SMILES string of the molecule is COc1cc(C=C2SC(=O)N(CNc3ccc(C)cc3C)C2=O)ccc1O. The van der Waals surface area contributed by atoms with Crippen LogP contribution in [0.4, 0.5) is 10.5 Å². The van der Waals surface area contributed by atoms with E-state index in [1.54, 1.807) is 18.2 Å². The van der Waals surface area contributed by atoms with Crippen molar-refractivity contribution in [1.29, 1.82) is 0 Å². The van der Waals surface area contributed by atoms with Crippen molar-refractivity contribution in [2.24, 2.45) is 0 Å².